The SMILES string of the molecule is Cc1c(-c2c3ccccc3cc3ccccc23)c(C)[n+]2n1-c1cccc3c1C21c2c(cccc2Oc2cccc[n+]21)O3. The second-order valence-electron chi connectivity index (χ2n) is 11.4. The molecule has 5 aromatic carbocycles. The molecule has 198 valence electrons. The monoisotopic (exact) mass is 543 g/mol. The summed E-state index contributed by atoms with van der Waals surface area (Å²) in [6, 6.07) is 38.5. The molecule has 5 heteroatoms. The third-order valence-corrected chi connectivity index (χ3v) is 9.41. The largest absolute Gasteiger partial charge is 0.455 e. The van der Waals surface area contributed by atoms with Gasteiger partial charge in [-0.3, -0.25) is 0 Å². The summed E-state index contributed by atoms with van der Waals surface area (Å²) in [7, 11) is 0. The fraction of sp³-hybridized carbons (Fsp3) is 0.0811. The Morgan fingerprint density at radius 2 is 1.26 bits per heavy atom. The fourth-order valence-electron chi connectivity index (χ4n) is 7.94. The van der Waals surface area contributed by atoms with Crippen molar-refractivity contribution in [2.24, 2.45) is 0 Å². The Hall–Kier alpha value is -5.42. The van der Waals surface area contributed by atoms with Gasteiger partial charge in [-0.1, -0.05) is 65.2 Å². The summed E-state index contributed by atoms with van der Waals surface area (Å²) in [4.78, 5) is 0. The first-order valence-electron chi connectivity index (χ1n) is 14.4. The second kappa shape index (κ2) is 7.45. The molecule has 0 N–H and O–H groups in total. The van der Waals surface area contributed by atoms with Gasteiger partial charge in [0.25, 0.3) is 0 Å². The third kappa shape index (κ3) is 2.40. The van der Waals surface area contributed by atoms with E-state index >= 15 is 0 Å². The summed E-state index contributed by atoms with van der Waals surface area (Å²) in [5, 5.41) is 5.00. The summed E-state index contributed by atoms with van der Waals surface area (Å²) in [6.07, 6.45) is 2.14. The standard InChI is InChI=1S/C37H25N3O2/c1-22-33(34-26-13-5-3-11-24(26)21-25-12-4-6-14-27(25)34)23(2)40-37-35-28(39(22)40)15-9-16-29(35)41-30-17-10-18-31(36(30)37)42-32-19-7-8-20-38(32)37/h3-21H,1-2H3/q+2. The van der Waals surface area contributed by atoms with Crippen LogP contribution in [0, 0.1) is 13.8 Å². The highest BCUT2D eigenvalue weighted by Crippen LogP contribution is 2.56. The van der Waals surface area contributed by atoms with Crippen LogP contribution >= 0.6 is 0 Å². The maximum absolute atomic E-state index is 6.62. The van der Waals surface area contributed by atoms with Crippen molar-refractivity contribution in [3.63, 3.8) is 0 Å². The first-order chi connectivity index (χ1) is 20.7. The zero-order valence-corrected chi connectivity index (χ0v) is 23.1. The summed E-state index contributed by atoms with van der Waals surface area (Å²) in [6.45, 7) is 4.53. The quantitative estimate of drug-likeness (QED) is 0.159. The van der Waals surface area contributed by atoms with Crippen molar-refractivity contribution >= 4 is 21.5 Å². The number of hydrogen-bond donors (Lipinski definition) is 0. The first kappa shape index (κ1) is 22.3. The van der Waals surface area contributed by atoms with Crippen LogP contribution in [0.1, 0.15) is 22.5 Å². The molecule has 7 aromatic rings. The van der Waals surface area contributed by atoms with Crippen LogP contribution in [0.5, 0.6) is 23.1 Å². The van der Waals surface area contributed by atoms with E-state index in [4.69, 9.17) is 9.47 Å². The van der Waals surface area contributed by atoms with Crippen LogP contribution in [0.15, 0.2) is 115 Å². The van der Waals surface area contributed by atoms with Crippen LogP contribution in [-0.2, 0) is 5.66 Å². The minimum atomic E-state index is -0.724. The van der Waals surface area contributed by atoms with Gasteiger partial charge in [0.15, 0.2) is 23.1 Å². The lowest BCUT2D eigenvalue weighted by Crippen LogP contribution is -2.76. The highest BCUT2D eigenvalue weighted by atomic mass is 16.5. The Morgan fingerprint density at radius 3 is 2.02 bits per heavy atom. The van der Waals surface area contributed by atoms with Gasteiger partial charge in [0.2, 0.25) is 5.69 Å². The molecular formula is C37H25N3O2+2. The molecule has 0 saturated heterocycles. The predicted octanol–water partition coefficient (Wildman–Crippen LogP) is 7.47. The number of rotatable bonds is 1. The molecule has 10 rings (SSSR count). The minimum absolute atomic E-state index is 0.724. The van der Waals surface area contributed by atoms with Crippen LogP contribution in [0.2, 0.25) is 0 Å². The topological polar surface area (TPSA) is 31.1 Å². The number of nitrogens with zero attached hydrogens (tertiary/aromatic N) is 3. The molecule has 0 bridgehead atoms. The second-order valence-corrected chi connectivity index (χ2v) is 11.4. The van der Waals surface area contributed by atoms with Crippen LogP contribution in [0.3, 0.4) is 0 Å². The highest BCUT2D eigenvalue weighted by molar-refractivity contribution is 6.13. The van der Waals surface area contributed by atoms with Gasteiger partial charge in [-0.25, -0.2) is 0 Å². The minimum Gasteiger partial charge on any atom is -0.455 e. The van der Waals surface area contributed by atoms with Crippen LogP contribution in [0.25, 0.3) is 38.4 Å². The van der Waals surface area contributed by atoms with Crippen molar-refractivity contribution in [2.45, 2.75) is 19.5 Å². The van der Waals surface area contributed by atoms with E-state index in [-0.39, 0.29) is 0 Å². The predicted molar refractivity (Wildman–Crippen MR) is 161 cm³/mol. The maximum atomic E-state index is 6.62. The average molecular weight is 544 g/mol. The molecular weight excluding hydrogens is 518 g/mol. The average Bonchev–Trinajstić information content (AvgIpc) is 3.47. The lowest BCUT2D eigenvalue weighted by Gasteiger charge is -2.31. The van der Waals surface area contributed by atoms with E-state index in [1.165, 1.54) is 44.1 Å². The van der Waals surface area contributed by atoms with E-state index < -0.39 is 5.66 Å². The van der Waals surface area contributed by atoms with Gasteiger partial charge in [0, 0.05) is 18.6 Å². The number of aromatic nitrogens is 3. The Kier molecular flexibility index (Phi) is 3.95. The smallest absolute Gasteiger partial charge is 0.452 e. The summed E-state index contributed by atoms with van der Waals surface area (Å²) in [5.41, 5.74) is 7.44. The molecule has 0 saturated carbocycles. The molecule has 0 aliphatic carbocycles. The van der Waals surface area contributed by atoms with Crippen molar-refractivity contribution < 1.29 is 18.7 Å². The van der Waals surface area contributed by atoms with E-state index in [0.29, 0.717) is 0 Å². The molecule has 1 atom stereocenters. The van der Waals surface area contributed by atoms with E-state index in [1.807, 2.05) is 12.1 Å². The summed E-state index contributed by atoms with van der Waals surface area (Å²) >= 11 is 0. The van der Waals surface area contributed by atoms with Gasteiger partial charge in [-0.05, 0) is 69.5 Å². The fourth-order valence-corrected chi connectivity index (χ4v) is 7.94. The maximum Gasteiger partial charge on any atom is 0.452 e. The van der Waals surface area contributed by atoms with Crippen molar-refractivity contribution in [3.8, 4) is 39.9 Å². The van der Waals surface area contributed by atoms with E-state index in [9.17, 15) is 0 Å². The van der Waals surface area contributed by atoms with Crippen LogP contribution in [0.4, 0.5) is 0 Å². The van der Waals surface area contributed by atoms with Crippen LogP contribution in [-0.4, -0.2) is 4.68 Å². The van der Waals surface area contributed by atoms with Gasteiger partial charge in [0.1, 0.15) is 17.2 Å². The lowest BCUT2D eigenvalue weighted by atomic mass is 9.84. The Bertz CT molecular complexity index is 2280. The van der Waals surface area contributed by atoms with Crippen molar-refractivity contribution in [1.29, 1.82) is 0 Å². The van der Waals surface area contributed by atoms with Gasteiger partial charge in [-0.2, -0.15) is 0 Å². The molecule has 5 nitrogen and oxygen atoms in total. The zero-order chi connectivity index (χ0) is 27.7. The molecule has 42 heavy (non-hydrogen) atoms. The third-order valence-electron chi connectivity index (χ3n) is 9.41. The van der Waals surface area contributed by atoms with Gasteiger partial charge >= 0.3 is 11.5 Å². The highest BCUT2D eigenvalue weighted by Gasteiger charge is 2.72. The lowest BCUT2D eigenvalue weighted by molar-refractivity contribution is -0.999. The van der Waals surface area contributed by atoms with Gasteiger partial charge < -0.3 is 9.47 Å². The molecule has 2 aromatic heterocycles. The van der Waals surface area contributed by atoms with Crippen molar-refractivity contribution in [2.75, 3.05) is 0 Å². The van der Waals surface area contributed by atoms with Gasteiger partial charge in [0.05, 0.1) is 17.3 Å². The molecule has 3 aliphatic rings. The Morgan fingerprint density at radius 1 is 0.619 bits per heavy atom. The van der Waals surface area contributed by atoms with Crippen molar-refractivity contribution in [1.82, 2.24) is 4.68 Å². The number of pyridine rings is 1. The first-order valence-corrected chi connectivity index (χ1v) is 14.4. The molecule has 0 radical (unpaired) electrons. The van der Waals surface area contributed by atoms with E-state index in [2.05, 4.69) is 131 Å². The normalized spacial score (nSPS) is 16.8. The molecule has 0 fully saturated rings. The van der Waals surface area contributed by atoms with E-state index in [0.717, 1.165) is 39.9 Å². The molecule has 5 heterocycles. The molecule has 0 amide bonds. The van der Waals surface area contributed by atoms with E-state index in [1.54, 1.807) is 0 Å². The number of benzene rings is 5. The Balaban J connectivity index is 1.43. The van der Waals surface area contributed by atoms with Crippen molar-refractivity contribution in [3.05, 3.63) is 138 Å². The molecule has 1 spiro atoms. The number of fused-ring (bicyclic) bond motifs is 5. The Labute approximate surface area is 242 Å². The summed E-state index contributed by atoms with van der Waals surface area (Å²) in [5.74, 6) is 3.29. The summed E-state index contributed by atoms with van der Waals surface area (Å²) < 4.78 is 20.3. The van der Waals surface area contributed by atoms with Crippen LogP contribution < -0.4 is 18.7 Å². The van der Waals surface area contributed by atoms with Gasteiger partial charge in [-0.15, -0.1) is 4.68 Å². The zero-order valence-electron chi connectivity index (χ0n) is 23.1. The number of ether oxygens (including phenoxy) is 2. The molecule has 1 unspecified atom stereocenters. The number of hydrogen-bond acceptors (Lipinski definition) is 2. The molecule has 3 aliphatic heterocycles.